The zero-order valence-electron chi connectivity index (χ0n) is 19.7. The van der Waals surface area contributed by atoms with Crippen molar-refractivity contribution in [1.82, 2.24) is 39.2 Å². The predicted molar refractivity (Wildman–Crippen MR) is 133 cm³/mol. The first-order valence-electron chi connectivity index (χ1n) is 11.6. The van der Waals surface area contributed by atoms with Gasteiger partial charge in [0, 0.05) is 37.6 Å². The fraction of sp³-hybridized carbons (Fsp3) is 0.364. The van der Waals surface area contributed by atoms with Crippen LogP contribution in [-0.4, -0.2) is 66.7 Å². The second-order valence-corrected chi connectivity index (χ2v) is 11.1. The van der Waals surface area contributed by atoms with Gasteiger partial charge in [0.25, 0.3) is 10.0 Å². The zero-order chi connectivity index (χ0) is 25.0. The summed E-state index contributed by atoms with van der Waals surface area (Å²) in [6.45, 7) is 5.16. The van der Waals surface area contributed by atoms with E-state index in [-0.39, 0.29) is 17.3 Å². The molecule has 1 aliphatic heterocycles. The maximum Gasteiger partial charge on any atom is 0.323 e. The van der Waals surface area contributed by atoms with Crippen molar-refractivity contribution in [2.75, 3.05) is 23.3 Å². The van der Waals surface area contributed by atoms with Crippen molar-refractivity contribution >= 4 is 44.4 Å². The molecule has 5 heterocycles. The van der Waals surface area contributed by atoms with Gasteiger partial charge in [-0.05, 0) is 32.8 Å². The van der Waals surface area contributed by atoms with E-state index in [9.17, 15) is 13.2 Å². The van der Waals surface area contributed by atoms with Crippen LogP contribution in [0.4, 0.5) is 22.2 Å². The molecule has 1 saturated carbocycles. The quantitative estimate of drug-likeness (QED) is 0.383. The first kappa shape index (κ1) is 22.4. The van der Waals surface area contributed by atoms with E-state index in [1.165, 1.54) is 12.4 Å². The number of hydrogen-bond donors (Lipinski definition) is 2. The van der Waals surface area contributed by atoms with Crippen LogP contribution in [0.5, 0.6) is 0 Å². The number of rotatable bonds is 7. The van der Waals surface area contributed by atoms with Crippen LogP contribution in [0.15, 0.2) is 36.9 Å². The number of pyridine rings is 1. The molecule has 0 spiro atoms. The summed E-state index contributed by atoms with van der Waals surface area (Å²) in [4.78, 5) is 27.2. The normalized spacial score (nSPS) is 16.2. The molecular formula is C22H24N10O3S. The Morgan fingerprint density at radius 3 is 2.72 bits per heavy atom. The standard InChI is InChI=1S/C22H24N10O3S/c1-13(2)32-17-9-19(25-11-16(17)21(29-32)30-8-7-24-22(30)33)27-18-5-6-23-20(28-18)14-10-26-31(12-14)36(34,35)15-3-4-15/h5-6,9-13,15H,3-4,7-8H2,1-2H3,(H,24,33)(H,23,25,27,28). The van der Waals surface area contributed by atoms with Crippen molar-refractivity contribution in [2.24, 2.45) is 0 Å². The Labute approximate surface area is 206 Å². The molecule has 0 aromatic carbocycles. The molecular weight excluding hydrogens is 484 g/mol. The van der Waals surface area contributed by atoms with Crippen LogP contribution >= 0.6 is 0 Å². The van der Waals surface area contributed by atoms with E-state index in [0.29, 0.717) is 54.8 Å². The number of carbonyl (C=O) groups is 1. The minimum Gasteiger partial charge on any atom is -0.336 e. The highest BCUT2D eigenvalue weighted by molar-refractivity contribution is 7.90. The van der Waals surface area contributed by atoms with E-state index in [4.69, 9.17) is 5.10 Å². The van der Waals surface area contributed by atoms with Gasteiger partial charge < -0.3 is 10.6 Å². The molecule has 2 N–H and O–H groups in total. The third-order valence-corrected chi connectivity index (χ3v) is 8.15. The van der Waals surface area contributed by atoms with Crippen LogP contribution in [0, 0.1) is 0 Å². The first-order valence-corrected chi connectivity index (χ1v) is 13.1. The lowest BCUT2D eigenvalue weighted by Crippen LogP contribution is -2.28. The number of amides is 2. The lowest BCUT2D eigenvalue weighted by atomic mass is 10.2. The van der Waals surface area contributed by atoms with Crippen LogP contribution in [-0.2, 0) is 10.0 Å². The summed E-state index contributed by atoms with van der Waals surface area (Å²) in [5.74, 6) is 1.95. The number of nitrogens with zero attached hydrogens (tertiary/aromatic N) is 8. The van der Waals surface area contributed by atoms with E-state index in [1.807, 2.05) is 24.6 Å². The number of urea groups is 1. The summed E-state index contributed by atoms with van der Waals surface area (Å²) in [7, 11) is -3.46. The molecule has 0 unspecified atom stereocenters. The van der Waals surface area contributed by atoms with Crippen LogP contribution in [0.25, 0.3) is 22.3 Å². The smallest absolute Gasteiger partial charge is 0.323 e. The molecule has 0 radical (unpaired) electrons. The average Bonchev–Trinajstić information content (AvgIpc) is 3.28. The van der Waals surface area contributed by atoms with Gasteiger partial charge in [0.2, 0.25) is 0 Å². The van der Waals surface area contributed by atoms with Gasteiger partial charge in [-0.25, -0.2) is 28.2 Å². The summed E-state index contributed by atoms with van der Waals surface area (Å²) in [5.41, 5.74) is 1.33. The lowest BCUT2D eigenvalue weighted by Gasteiger charge is -2.11. The Hall–Kier alpha value is -4.07. The van der Waals surface area contributed by atoms with E-state index in [0.717, 1.165) is 15.0 Å². The molecule has 2 amide bonds. The van der Waals surface area contributed by atoms with Crippen LogP contribution in [0.1, 0.15) is 32.7 Å². The molecule has 14 heteroatoms. The monoisotopic (exact) mass is 508 g/mol. The molecule has 2 aliphatic rings. The van der Waals surface area contributed by atoms with Gasteiger partial charge in [0.1, 0.15) is 11.6 Å². The third-order valence-electron chi connectivity index (χ3n) is 6.11. The second-order valence-electron chi connectivity index (χ2n) is 9.07. The molecule has 1 saturated heterocycles. The van der Waals surface area contributed by atoms with Gasteiger partial charge in [-0.2, -0.15) is 14.3 Å². The summed E-state index contributed by atoms with van der Waals surface area (Å²) >= 11 is 0. The minimum atomic E-state index is -3.46. The van der Waals surface area contributed by atoms with Gasteiger partial charge in [0.15, 0.2) is 11.6 Å². The van der Waals surface area contributed by atoms with E-state index in [2.05, 4.69) is 30.7 Å². The largest absolute Gasteiger partial charge is 0.336 e. The van der Waals surface area contributed by atoms with Crippen molar-refractivity contribution in [3.8, 4) is 11.4 Å². The second kappa shape index (κ2) is 8.26. The number of anilines is 3. The van der Waals surface area contributed by atoms with Crippen LogP contribution in [0.3, 0.4) is 0 Å². The van der Waals surface area contributed by atoms with Gasteiger partial charge in [0.05, 0.1) is 34.1 Å². The van der Waals surface area contributed by atoms with Crippen molar-refractivity contribution in [2.45, 2.75) is 38.0 Å². The highest BCUT2D eigenvalue weighted by atomic mass is 32.2. The Balaban J connectivity index is 1.30. The number of carbonyl (C=O) groups excluding carboxylic acids is 1. The number of aromatic nitrogens is 7. The van der Waals surface area contributed by atoms with E-state index in [1.54, 1.807) is 23.4 Å². The average molecular weight is 509 g/mol. The van der Waals surface area contributed by atoms with Gasteiger partial charge in [-0.3, -0.25) is 9.58 Å². The number of hydrogen-bond acceptors (Lipinski definition) is 9. The van der Waals surface area contributed by atoms with Crippen molar-refractivity contribution < 1.29 is 13.2 Å². The summed E-state index contributed by atoms with van der Waals surface area (Å²) < 4.78 is 27.7. The lowest BCUT2D eigenvalue weighted by molar-refractivity contribution is 0.252. The maximum absolute atomic E-state index is 12.4. The Kier molecular flexibility index (Phi) is 5.14. The Bertz CT molecular complexity index is 1590. The summed E-state index contributed by atoms with van der Waals surface area (Å²) in [6.07, 6.45) is 7.48. The Morgan fingerprint density at radius 2 is 2.00 bits per heavy atom. The molecule has 1 aliphatic carbocycles. The molecule has 13 nitrogen and oxygen atoms in total. The molecule has 36 heavy (non-hydrogen) atoms. The van der Waals surface area contributed by atoms with Crippen LogP contribution in [0.2, 0.25) is 0 Å². The predicted octanol–water partition coefficient (Wildman–Crippen LogP) is 2.28. The molecule has 186 valence electrons. The third kappa shape index (κ3) is 3.82. The highest BCUT2D eigenvalue weighted by Gasteiger charge is 2.37. The maximum atomic E-state index is 12.4. The molecule has 0 bridgehead atoms. The minimum absolute atomic E-state index is 0.0660. The number of fused-ring (bicyclic) bond motifs is 1. The SMILES string of the molecule is CC(C)n1nc(N2CCNC2=O)c2cnc(Nc3ccnc(-c4cnn(S(=O)(=O)C5CC5)c4)n3)cc21. The first-order chi connectivity index (χ1) is 17.3. The Morgan fingerprint density at radius 1 is 1.17 bits per heavy atom. The number of nitrogens with one attached hydrogen (secondary N) is 2. The fourth-order valence-electron chi connectivity index (χ4n) is 4.13. The molecule has 4 aromatic heterocycles. The molecule has 2 fully saturated rings. The van der Waals surface area contributed by atoms with Crippen LogP contribution < -0.4 is 15.5 Å². The fourth-order valence-corrected chi connectivity index (χ4v) is 5.60. The molecule has 4 aromatic rings. The van der Waals surface area contributed by atoms with Crippen molar-refractivity contribution in [3.63, 3.8) is 0 Å². The van der Waals surface area contributed by atoms with Crippen molar-refractivity contribution in [1.29, 1.82) is 0 Å². The van der Waals surface area contributed by atoms with Gasteiger partial charge in [-0.15, -0.1) is 0 Å². The topological polar surface area (TPSA) is 153 Å². The zero-order valence-corrected chi connectivity index (χ0v) is 20.5. The van der Waals surface area contributed by atoms with Crippen molar-refractivity contribution in [3.05, 3.63) is 36.9 Å². The summed E-state index contributed by atoms with van der Waals surface area (Å²) in [6, 6.07) is 3.45. The molecule has 0 atom stereocenters. The van der Waals surface area contributed by atoms with Gasteiger partial charge in [-0.1, -0.05) is 0 Å². The van der Waals surface area contributed by atoms with Gasteiger partial charge >= 0.3 is 6.03 Å². The van der Waals surface area contributed by atoms with E-state index < -0.39 is 10.0 Å². The summed E-state index contributed by atoms with van der Waals surface area (Å²) in [5, 5.41) is 15.1. The highest BCUT2D eigenvalue weighted by Crippen LogP contribution is 2.32. The van der Waals surface area contributed by atoms with E-state index >= 15 is 0 Å². The molecule has 6 rings (SSSR count).